The van der Waals surface area contributed by atoms with Crippen molar-refractivity contribution in [3.05, 3.63) is 28.5 Å². The normalized spacial score (nSPS) is 13.7. The summed E-state index contributed by atoms with van der Waals surface area (Å²) < 4.78 is 5.55. The van der Waals surface area contributed by atoms with Gasteiger partial charge in [-0.1, -0.05) is 0 Å². The SMILES string of the molecule is CCOC(=O)C(C)(Cc1cncc(Br)c1)C(=O)O. The van der Waals surface area contributed by atoms with E-state index in [1.54, 1.807) is 19.2 Å². The van der Waals surface area contributed by atoms with E-state index in [9.17, 15) is 14.7 Å². The number of hydrogen-bond acceptors (Lipinski definition) is 4. The van der Waals surface area contributed by atoms with Gasteiger partial charge in [-0.15, -0.1) is 0 Å². The Hall–Kier alpha value is -1.43. The van der Waals surface area contributed by atoms with E-state index in [2.05, 4.69) is 20.9 Å². The quantitative estimate of drug-likeness (QED) is 0.664. The van der Waals surface area contributed by atoms with Gasteiger partial charge < -0.3 is 9.84 Å². The second-order valence-electron chi connectivity index (χ2n) is 4.05. The van der Waals surface area contributed by atoms with Crippen LogP contribution in [0.15, 0.2) is 22.9 Å². The van der Waals surface area contributed by atoms with Gasteiger partial charge >= 0.3 is 11.9 Å². The monoisotopic (exact) mass is 315 g/mol. The Morgan fingerprint density at radius 1 is 1.50 bits per heavy atom. The van der Waals surface area contributed by atoms with Gasteiger partial charge in [0.15, 0.2) is 5.41 Å². The van der Waals surface area contributed by atoms with Gasteiger partial charge in [0.2, 0.25) is 0 Å². The van der Waals surface area contributed by atoms with Crippen LogP contribution in [0.25, 0.3) is 0 Å². The third-order valence-corrected chi connectivity index (χ3v) is 2.95. The summed E-state index contributed by atoms with van der Waals surface area (Å²) in [5.74, 6) is -1.95. The molecule has 5 nitrogen and oxygen atoms in total. The number of hydrogen-bond donors (Lipinski definition) is 1. The molecule has 1 atom stereocenters. The smallest absolute Gasteiger partial charge is 0.323 e. The average molecular weight is 316 g/mol. The van der Waals surface area contributed by atoms with Gasteiger partial charge in [0.25, 0.3) is 0 Å². The van der Waals surface area contributed by atoms with Gasteiger partial charge in [0.1, 0.15) is 0 Å². The summed E-state index contributed by atoms with van der Waals surface area (Å²) in [6, 6.07) is 1.73. The number of rotatable bonds is 5. The summed E-state index contributed by atoms with van der Waals surface area (Å²) in [7, 11) is 0. The first-order valence-corrected chi connectivity index (χ1v) is 6.19. The second-order valence-corrected chi connectivity index (χ2v) is 4.96. The lowest BCUT2D eigenvalue weighted by atomic mass is 9.84. The van der Waals surface area contributed by atoms with E-state index in [1.165, 1.54) is 13.1 Å². The fourth-order valence-electron chi connectivity index (χ4n) is 1.49. The molecule has 0 fully saturated rings. The number of esters is 1. The van der Waals surface area contributed by atoms with E-state index < -0.39 is 17.4 Å². The standard InChI is InChI=1S/C12H14BrNO4/c1-3-18-11(17)12(2,10(15)16)5-8-4-9(13)7-14-6-8/h4,6-7H,3,5H2,1-2H3,(H,15,16). The van der Waals surface area contributed by atoms with Gasteiger partial charge in [-0.2, -0.15) is 0 Å². The minimum Gasteiger partial charge on any atom is -0.480 e. The number of pyridine rings is 1. The van der Waals surface area contributed by atoms with Crippen molar-refractivity contribution in [3.8, 4) is 0 Å². The largest absolute Gasteiger partial charge is 0.480 e. The van der Waals surface area contributed by atoms with Crippen LogP contribution in [-0.2, 0) is 20.7 Å². The molecule has 0 aliphatic rings. The first-order chi connectivity index (χ1) is 8.40. The molecule has 1 rings (SSSR count). The van der Waals surface area contributed by atoms with Gasteiger partial charge in [0.05, 0.1) is 6.61 Å². The Labute approximate surface area is 113 Å². The fraction of sp³-hybridized carbons (Fsp3) is 0.417. The summed E-state index contributed by atoms with van der Waals surface area (Å²) in [5.41, 5.74) is -0.944. The van der Waals surface area contributed by atoms with E-state index in [4.69, 9.17) is 4.74 Å². The minimum absolute atomic E-state index is 0.0353. The molecule has 98 valence electrons. The molecule has 0 saturated carbocycles. The molecule has 1 aromatic heterocycles. The van der Waals surface area contributed by atoms with Crippen molar-refractivity contribution in [2.45, 2.75) is 20.3 Å². The van der Waals surface area contributed by atoms with Gasteiger partial charge in [0, 0.05) is 23.3 Å². The summed E-state index contributed by atoms with van der Waals surface area (Å²) >= 11 is 3.25. The lowest BCUT2D eigenvalue weighted by Crippen LogP contribution is -2.40. The Morgan fingerprint density at radius 3 is 2.67 bits per heavy atom. The predicted octanol–water partition coefficient (Wildman–Crippen LogP) is 2.04. The molecular weight excluding hydrogens is 302 g/mol. The Morgan fingerprint density at radius 2 is 2.17 bits per heavy atom. The molecule has 1 aromatic rings. The number of ether oxygens (including phenoxy) is 1. The molecule has 0 aromatic carbocycles. The number of nitrogens with zero attached hydrogens (tertiary/aromatic N) is 1. The zero-order valence-corrected chi connectivity index (χ0v) is 11.7. The molecule has 0 bridgehead atoms. The molecular formula is C12H14BrNO4. The van der Waals surface area contributed by atoms with E-state index in [0.717, 1.165) is 4.47 Å². The number of halogens is 1. The van der Waals surface area contributed by atoms with Crippen molar-refractivity contribution in [3.63, 3.8) is 0 Å². The molecule has 0 aliphatic carbocycles. The summed E-state index contributed by atoms with van der Waals surface area (Å²) in [5, 5.41) is 9.23. The van der Waals surface area contributed by atoms with E-state index in [-0.39, 0.29) is 13.0 Å². The molecule has 1 unspecified atom stereocenters. The minimum atomic E-state index is -1.60. The van der Waals surface area contributed by atoms with Crippen molar-refractivity contribution in [1.29, 1.82) is 0 Å². The lowest BCUT2D eigenvalue weighted by Gasteiger charge is -2.22. The zero-order valence-electron chi connectivity index (χ0n) is 10.1. The van der Waals surface area contributed by atoms with Crippen LogP contribution in [0.2, 0.25) is 0 Å². The van der Waals surface area contributed by atoms with Crippen LogP contribution in [0, 0.1) is 5.41 Å². The number of aliphatic carboxylic acids is 1. The summed E-state index contributed by atoms with van der Waals surface area (Å²) in [6.45, 7) is 3.15. The molecule has 0 radical (unpaired) electrons. The second kappa shape index (κ2) is 5.95. The van der Waals surface area contributed by atoms with E-state index >= 15 is 0 Å². The van der Waals surface area contributed by atoms with Gasteiger partial charge in [-0.25, -0.2) is 0 Å². The van der Waals surface area contributed by atoms with Crippen LogP contribution < -0.4 is 0 Å². The topological polar surface area (TPSA) is 76.5 Å². The molecule has 1 heterocycles. The Kier molecular flexibility index (Phi) is 4.84. The number of carbonyl (C=O) groups excluding carboxylic acids is 1. The highest BCUT2D eigenvalue weighted by Crippen LogP contribution is 2.26. The Balaban J connectivity index is 3.00. The zero-order chi connectivity index (χ0) is 13.8. The van der Waals surface area contributed by atoms with E-state index in [1.807, 2.05) is 0 Å². The number of aromatic nitrogens is 1. The first-order valence-electron chi connectivity index (χ1n) is 5.40. The van der Waals surface area contributed by atoms with Crippen molar-refractivity contribution in [1.82, 2.24) is 4.98 Å². The maximum Gasteiger partial charge on any atom is 0.323 e. The molecule has 1 N–H and O–H groups in total. The van der Waals surface area contributed by atoms with Crippen molar-refractivity contribution >= 4 is 27.9 Å². The number of carbonyl (C=O) groups is 2. The molecule has 0 aliphatic heterocycles. The predicted molar refractivity (Wildman–Crippen MR) is 68.0 cm³/mol. The highest BCUT2D eigenvalue weighted by Gasteiger charge is 2.43. The van der Waals surface area contributed by atoms with Crippen molar-refractivity contribution in [2.24, 2.45) is 5.41 Å². The Bertz CT molecular complexity index is 463. The van der Waals surface area contributed by atoms with Crippen LogP contribution in [0.3, 0.4) is 0 Å². The van der Waals surface area contributed by atoms with Crippen molar-refractivity contribution in [2.75, 3.05) is 6.61 Å². The molecule has 0 spiro atoms. The van der Waals surface area contributed by atoms with Crippen LogP contribution in [0.5, 0.6) is 0 Å². The number of carboxylic acids is 1. The van der Waals surface area contributed by atoms with Gasteiger partial charge in [-0.05, 0) is 41.4 Å². The lowest BCUT2D eigenvalue weighted by molar-refractivity contribution is -0.167. The maximum absolute atomic E-state index is 11.8. The van der Waals surface area contributed by atoms with Gasteiger partial charge in [-0.3, -0.25) is 14.6 Å². The van der Waals surface area contributed by atoms with Crippen LogP contribution in [-0.4, -0.2) is 28.6 Å². The molecule has 0 amide bonds. The third kappa shape index (κ3) is 3.29. The maximum atomic E-state index is 11.8. The highest BCUT2D eigenvalue weighted by atomic mass is 79.9. The van der Waals surface area contributed by atoms with Crippen LogP contribution >= 0.6 is 15.9 Å². The number of carboxylic acid groups (broad SMARTS) is 1. The molecule has 18 heavy (non-hydrogen) atoms. The summed E-state index contributed by atoms with van der Waals surface area (Å²) in [4.78, 5) is 27.0. The van der Waals surface area contributed by atoms with Crippen LogP contribution in [0.4, 0.5) is 0 Å². The van der Waals surface area contributed by atoms with Crippen LogP contribution in [0.1, 0.15) is 19.4 Å². The highest BCUT2D eigenvalue weighted by molar-refractivity contribution is 9.10. The van der Waals surface area contributed by atoms with Crippen molar-refractivity contribution < 1.29 is 19.4 Å². The average Bonchev–Trinajstić information content (AvgIpc) is 2.28. The fourth-order valence-corrected chi connectivity index (χ4v) is 1.90. The summed E-state index contributed by atoms with van der Waals surface area (Å²) in [6.07, 6.45) is 3.16. The molecule has 6 heteroatoms. The molecule has 0 saturated heterocycles. The van der Waals surface area contributed by atoms with E-state index in [0.29, 0.717) is 5.56 Å². The third-order valence-electron chi connectivity index (χ3n) is 2.52. The first kappa shape index (κ1) is 14.6.